The summed E-state index contributed by atoms with van der Waals surface area (Å²) >= 11 is 5.59. The van der Waals surface area contributed by atoms with Crippen molar-refractivity contribution in [3.8, 4) is 0 Å². The molecule has 20 heavy (non-hydrogen) atoms. The van der Waals surface area contributed by atoms with E-state index in [0.717, 1.165) is 18.4 Å². The fraction of sp³-hybridized carbons (Fsp3) is 0.600. The second-order valence-electron chi connectivity index (χ2n) is 5.43. The largest absolute Gasteiger partial charge is 0.212 e. The monoisotopic (exact) mass is 317 g/mol. The highest BCUT2D eigenvalue weighted by atomic mass is 35.5. The summed E-state index contributed by atoms with van der Waals surface area (Å²) in [5, 5.41) is 0. The first-order valence-corrected chi connectivity index (χ1v) is 9.24. The maximum atomic E-state index is 12.1. The van der Waals surface area contributed by atoms with E-state index in [0.29, 0.717) is 18.2 Å². The van der Waals surface area contributed by atoms with Crippen LogP contribution >= 0.6 is 11.6 Å². The molecule has 1 rings (SSSR count). The predicted octanol–water partition coefficient (Wildman–Crippen LogP) is 3.71. The Labute approximate surface area is 127 Å². The number of rotatable bonds is 9. The molecule has 114 valence electrons. The molecule has 0 aliphatic carbocycles. The van der Waals surface area contributed by atoms with Crippen LogP contribution in [0.25, 0.3) is 0 Å². The van der Waals surface area contributed by atoms with Crippen molar-refractivity contribution in [2.45, 2.75) is 39.2 Å². The minimum Gasteiger partial charge on any atom is -0.212 e. The van der Waals surface area contributed by atoms with Gasteiger partial charge in [0.1, 0.15) is 0 Å². The Bertz CT molecular complexity index is 474. The summed E-state index contributed by atoms with van der Waals surface area (Å²) in [6.45, 7) is 4.19. The maximum absolute atomic E-state index is 12.1. The van der Waals surface area contributed by atoms with Crippen molar-refractivity contribution in [3.63, 3.8) is 0 Å². The molecular weight excluding hydrogens is 294 g/mol. The summed E-state index contributed by atoms with van der Waals surface area (Å²) in [6, 6.07) is 9.58. The smallest absolute Gasteiger partial charge is 0.212 e. The molecule has 0 saturated carbocycles. The third-order valence-electron chi connectivity index (χ3n) is 3.03. The number of benzene rings is 1. The summed E-state index contributed by atoms with van der Waals surface area (Å²) in [6.07, 6.45) is 2.11. The number of nitrogens with one attached hydrogen (secondary N) is 1. The second-order valence-corrected chi connectivity index (χ2v) is 7.68. The van der Waals surface area contributed by atoms with Gasteiger partial charge in [0.2, 0.25) is 10.0 Å². The highest BCUT2D eigenvalue weighted by Crippen LogP contribution is 2.22. The van der Waals surface area contributed by atoms with Gasteiger partial charge in [-0.1, -0.05) is 44.2 Å². The molecule has 0 fully saturated rings. The van der Waals surface area contributed by atoms with Crippen LogP contribution in [0.15, 0.2) is 30.3 Å². The molecular formula is C15H24ClNO2S. The Morgan fingerprint density at radius 1 is 1.15 bits per heavy atom. The fourth-order valence-corrected chi connectivity index (χ4v) is 3.63. The average molecular weight is 318 g/mol. The van der Waals surface area contributed by atoms with E-state index in [1.54, 1.807) is 0 Å². The van der Waals surface area contributed by atoms with Crippen LogP contribution in [-0.4, -0.2) is 20.1 Å². The highest BCUT2D eigenvalue weighted by Gasteiger charge is 2.20. The van der Waals surface area contributed by atoms with Crippen molar-refractivity contribution >= 4 is 21.6 Å². The summed E-state index contributed by atoms with van der Waals surface area (Å²) in [5.41, 5.74) is 1.02. The van der Waals surface area contributed by atoms with Gasteiger partial charge in [-0.2, -0.15) is 0 Å². The lowest BCUT2D eigenvalue weighted by atomic mass is 9.98. The molecule has 0 saturated heterocycles. The Balaban J connectivity index is 2.75. The van der Waals surface area contributed by atoms with Crippen molar-refractivity contribution in [1.82, 2.24) is 4.72 Å². The molecule has 1 aromatic carbocycles. The molecule has 0 aromatic heterocycles. The molecule has 0 aliphatic rings. The van der Waals surface area contributed by atoms with E-state index in [1.165, 1.54) is 0 Å². The van der Waals surface area contributed by atoms with Crippen molar-refractivity contribution in [2.24, 2.45) is 5.92 Å². The first kappa shape index (κ1) is 17.5. The summed E-state index contributed by atoms with van der Waals surface area (Å²) in [4.78, 5) is 0. The van der Waals surface area contributed by atoms with Crippen LogP contribution < -0.4 is 4.72 Å². The number of alkyl halides is 1. The van der Waals surface area contributed by atoms with E-state index in [9.17, 15) is 8.42 Å². The first-order valence-electron chi connectivity index (χ1n) is 7.05. The van der Waals surface area contributed by atoms with E-state index >= 15 is 0 Å². The van der Waals surface area contributed by atoms with Crippen LogP contribution in [0.3, 0.4) is 0 Å². The number of unbranched alkanes of at least 4 members (excludes halogenated alkanes) is 1. The predicted molar refractivity (Wildman–Crippen MR) is 85.5 cm³/mol. The molecule has 0 aliphatic heterocycles. The summed E-state index contributed by atoms with van der Waals surface area (Å²) in [7, 11) is -3.26. The quantitative estimate of drug-likeness (QED) is 0.557. The zero-order chi connectivity index (χ0) is 15.0. The van der Waals surface area contributed by atoms with Gasteiger partial charge in [-0.25, -0.2) is 13.1 Å². The molecule has 5 heteroatoms. The van der Waals surface area contributed by atoms with Gasteiger partial charge in [0.25, 0.3) is 0 Å². The van der Waals surface area contributed by atoms with Gasteiger partial charge >= 0.3 is 0 Å². The van der Waals surface area contributed by atoms with Crippen LogP contribution in [0.1, 0.15) is 44.7 Å². The van der Waals surface area contributed by atoms with Crippen molar-refractivity contribution in [3.05, 3.63) is 35.9 Å². The highest BCUT2D eigenvalue weighted by molar-refractivity contribution is 7.89. The molecule has 3 nitrogen and oxygen atoms in total. The van der Waals surface area contributed by atoms with Gasteiger partial charge in [0, 0.05) is 11.9 Å². The zero-order valence-electron chi connectivity index (χ0n) is 12.2. The van der Waals surface area contributed by atoms with E-state index in [1.807, 2.05) is 30.3 Å². The fourth-order valence-electron chi connectivity index (χ4n) is 2.07. The number of sulfonamides is 1. The molecule has 0 spiro atoms. The normalized spacial score (nSPS) is 13.6. The Morgan fingerprint density at radius 2 is 1.80 bits per heavy atom. The molecule has 0 heterocycles. The molecule has 1 unspecified atom stereocenters. The standard InChI is InChI=1S/C15H24ClNO2S/c1-13(2)12-15(14-8-4-3-5-9-14)17-20(18,19)11-7-6-10-16/h3-5,8-9,13,15,17H,6-7,10-12H2,1-2H3. The van der Waals surface area contributed by atoms with Crippen molar-refractivity contribution < 1.29 is 8.42 Å². The molecule has 1 atom stereocenters. The first-order chi connectivity index (χ1) is 9.44. The van der Waals surface area contributed by atoms with Crippen LogP contribution in [-0.2, 0) is 10.0 Å². The lowest BCUT2D eigenvalue weighted by molar-refractivity contribution is 0.471. The number of hydrogen-bond acceptors (Lipinski definition) is 2. The average Bonchev–Trinajstić information content (AvgIpc) is 2.38. The van der Waals surface area contributed by atoms with Gasteiger partial charge in [-0.15, -0.1) is 11.6 Å². The van der Waals surface area contributed by atoms with Gasteiger partial charge in [-0.05, 0) is 30.7 Å². The third kappa shape index (κ3) is 6.73. The topological polar surface area (TPSA) is 46.2 Å². The van der Waals surface area contributed by atoms with E-state index < -0.39 is 10.0 Å². The van der Waals surface area contributed by atoms with E-state index in [-0.39, 0.29) is 11.8 Å². The Morgan fingerprint density at radius 3 is 2.35 bits per heavy atom. The maximum Gasteiger partial charge on any atom is 0.212 e. The lowest BCUT2D eigenvalue weighted by Gasteiger charge is -2.21. The van der Waals surface area contributed by atoms with Crippen LogP contribution in [0.2, 0.25) is 0 Å². The van der Waals surface area contributed by atoms with Crippen LogP contribution in [0.5, 0.6) is 0 Å². The lowest BCUT2D eigenvalue weighted by Crippen LogP contribution is -2.31. The Hall–Kier alpha value is -0.580. The molecule has 1 aromatic rings. The SMILES string of the molecule is CC(C)CC(NS(=O)(=O)CCCCCl)c1ccccc1. The van der Waals surface area contributed by atoms with Crippen molar-refractivity contribution in [2.75, 3.05) is 11.6 Å². The minimum atomic E-state index is -3.26. The number of hydrogen-bond donors (Lipinski definition) is 1. The van der Waals surface area contributed by atoms with E-state index in [2.05, 4.69) is 18.6 Å². The summed E-state index contributed by atoms with van der Waals surface area (Å²) < 4.78 is 27.1. The molecule has 0 radical (unpaired) electrons. The van der Waals surface area contributed by atoms with Crippen LogP contribution in [0.4, 0.5) is 0 Å². The number of halogens is 1. The van der Waals surface area contributed by atoms with Crippen LogP contribution in [0, 0.1) is 5.92 Å². The zero-order valence-corrected chi connectivity index (χ0v) is 13.8. The minimum absolute atomic E-state index is 0.140. The van der Waals surface area contributed by atoms with Gasteiger partial charge in [0.05, 0.1) is 5.75 Å². The Kier molecular flexibility index (Phi) is 7.56. The van der Waals surface area contributed by atoms with Gasteiger partial charge in [0.15, 0.2) is 0 Å². The third-order valence-corrected chi connectivity index (χ3v) is 4.76. The second kappa shape index (κ2) is 8.65. The molecule has 0 bridgehead atoms. The van der Waals surface area contributed by atoms with Crippen molar-refractivity contribution in [1.29, 1.82) is 0 Å². The molecule has 1 N–H and O–H groups in total. The van der Waals surface area contributed by atoms with Gasteiger partial charge < -0.3 is 0 Å². The van der Waals surface area contributed by atoms with E-state index in [4.69, 9.17) is 11.6 Å². The van der Waals surface area contributed by atoms with Gasteiger partial charge in [-0.3, -0.25) is 0 Å². The molecule has 0 amide bonds. The summed E-state index contributed by atoms with van der Waals surface area (Å²) in [5.74, 6) is 1.07.